The molecule has 0 radical (unpaired) electrons. The predicted octanol–water partition coefficient (Wildman–Crippen LogP) is 3.89. The van der Waals surface area contributed by atoms with E-state index in [1.165, 1.54) is 11.0 Å². The lowest BCUT2D eigenvalue weighted by Crippen LogP contribution is -2.29. The number of nitrogens with zero attached hydrogens (tertiary/aromatic N) is 2. The number of aromatic amines is 1. The molecule has 5 rings (SSSR count). The van der Waals surface area contributed by atoms with Crippen molar-refractivity contribution in [1.82, 2.24) is 9.97 Å². The quantitative estimate of drug-likeness (QED) is 0.269. The first kappa shape index (κ1) is 18.6. The summed E-state index contributed by atoms with van der Waals surface area (Å²) < 4.78 is 0. The number of hydrogen-bond acceptors (Lipinski definition) is 5. The molecule has 0 bridgehead atoms. The maximum atomic E-state index is 13.1. The number of Topliss-reactive ketones (excluding diaryl/α,β-unsaturated/α-hetero) is 1. The Balaban J connectivity index is 1.78. The van der Waals surface area contributed by atoms with Crippen LogP contribution in [0.25, 0.3) is 16.7 Å². The number of H-pyrrole nitrogens is 1. The summed E-state index contributed by atoms with van der Waals surface area (Å²) in [6.45, 7) is 0. The molecule has 1 unspecified atom stereocenters. The van der Waals surface area contributed by atoms with Crippen LogP contribution in [0, 0.1) is 0 Å². The molecule has 31 heavy (non-hydrogen) atoms. The molecule has 0 aliphatic carbocycles. The van der Waals surface area contributed by atoms with E-state index in [1.807, 2.05) is 24.3 Å². The number of rotatable bonds is 3. The monoisotopic (exact) mass is 411 g/mol. The zero-order valence-electron chi connectivity index (χ0n) is 16.2. The van der Waals surface area contributed by atoms with E-state index < -0.39 is 17.7 Å². The van der Waals surface area contributed by atoms with Gasteiger partial charge in [0.05, 0.1) is 17.0 Å². The fraction of sp³-hybridized carbons (Fsp3) is 0.0417. The van der Waals surface area contributed by atoms with Crippen molar-refractivity contribution in [3.8, 4) is 5.75 Å². The third-order valence-corrected chi connectivity index (χ3v) is 5.40. The van der Waals surface area contributed by atoms with Crippen molar-refractivity contribution in [2.45, 2.75) is 6.04 Å². The Kier molecular flexibility index (Phi) is 4.29. The largest absolute Gasteiger partial charge is 0.507 e. The highest BCUT2D eigenvalue weighted by atomic mass is 16.3. The van der Waals surface area contributed by atoms with Crippen molar-refractivity contribution < 1.29 is 19.8 Å². The second kappa shape index (κ2) is 7.14. The van der Waals surface area contributed by atoms with Crippen molar-refractivity contribution in [3.63, 3.8) is 0 Å². The lowest BCUT2D eigenvalue weighted by Gasteiger charge is -2.25. The number of anilines is 1. The van der Waals surface area contributed by atoms with Crippen LogP contribution in [0.2, 0.25) is 0 Å². The van der Waals surface area contributed by atoms with E-state index in [2.05, 4.69) is 9.97 Å². The molecule has 7 heteroatoms. The number of aliphatic hydroxyl groups is 1. The summed E-state index contributed by atoms with van der Waals surface area (Å²) in [5.41, 5.74) is 1.67. The average molecular weight is 411 g/mol. The van der Waals surface area contributed by atoms with Crippen molar-refractivity contribution in [2.24, 2.45) is 0 Å². The van der Waals surface area contributed by atoms with Gasteiger partial charge in [0.2, 0.25) is 0 Å². The number of hydrogen-bond donors (Lipinski definition) is 3. The zero-order valence-corrected chi connectivity index (χ0v) is 16.2. The smallest absolute Gasteiger partial charge is 0.300 e. The van der Waals surface area contributed by atoms with Gasteiger partial charge in [-0.05, 0) is 30.3 Å². The highest BCUT2D eigenvalue weighted by molar-refractivity contribution is 6.52. The summed E-state index contributed by atoms with van der Waals surface area (Å²) in [5.74, 6) is -2.15. The molecule has 0 saturated carbocycles. The van der Waals surface area contributed by atoms with Gasteiger partial charge in [-0.15, -0.1) is 0 Å². The normalized spacial score (nSPS) is 18.1. The number of ketones is 1. The Morgan fingerprint density at radius 3 is 2.48 bits per heavy atom. The van der Waals surface area contributed by atoms with Crippen LogP contribution in [-0.4, -0.2) is 31.9 Å². The van der Waals surface area contributed by atoms with Crippen LogP contribution in [0.4, 0.5) is 5.69 Å². The molecule has 1 aliphatic heterocycles. The molecule has 1 aliphatic rings. The molecule has 1 fully saturated rings. The maximum Gasteiger partial charge on any atom is 0.300 e. The SMILES string of the molecule is O=C1C(=O)N(c2ccccc2O)C(c2ccccn2)/C1=C(/O)c1c[nH]c2ccccc12. The summed E-state index contributed by atoms with van der Waals surface area (Å²) in [6.07, 6.45) is 3.15. The van der Waals surface area contributed by atoms with E-state index in [0.29, 0.717) is 16.6 Å². The molecule has 2 aromatic carbocycles. The van der Waals surface area contributed by atoms with Crippen LogP contribution in [0.3, 0.4) is 0 Å². The summed E-state index contributed by atoms with van der Waals surface area (Å²) in [7, 11) is 0. The standard InChI is InChI=1S/C24H17N3O4/c28-19-11-4-3-10-18(19)27-21(17-9-5-6-12-25-17)20(23(30)24(27)31)22(29)15-13-26-16-8-2-1-7-14(15)16/h1-13,21,26,28-29H/b22-20-. The zero-order chi connectivity index (χ0) is 21.5. The van der Waals surface area contributed by atoms with E-state index in [9.17, 15) is 19.8 Å². The molecular formula is C24H17N3O4. The maximum absolute atomic E-state index is 13.1. The van der Waals surface area contributed by atoms with Gasteiger partial charge < -0.3 is 15.2 Å². The third-order valence-electron chi connectivity index (χ3n) is 5.40. The lowest BCUT2D eigenvalue weighted by atomic mass is 9.98. The van der Waals surface area contributed by atoms with Crippen molar-refractivity contribution >= 4 is 34.0 Å². The van der Waals surface area contributed by atoms with Crippen molar-refractivity contribution in [3.05, 3.63) is 96.0 Å². The minimum absolute atomic E-state index is 0.0864. The topological polar surface area (TPSA) is 107 Å². The second-order valence-electron chi connectivity index (χ2n) is 7.16. The first-order valence-corrected chi connectivity index (χ1v) is 9.64. The Hall–Kier alpha value is -4.39. The molecule has 152 valence electrons. The van der Waals surface area contributed by atoms with E-state index in [0.717, 1.165) is 5.52 Å². The molecule has 0 spiro atoms. The lowest BCUT2D eigenvalue weighted by molar-refractivity contribution is -0.132. The average Bonchev–Trinajstić information content (AvgIpc) is 3.34. The number of phenols is 1. The van der Waals surface area contributed by atoms with Crippen LogP contribution in [-0.2, 0) is 9.59 Å². The Morgan fingerprint density at radius 2 is 1.71 bits per heavy atom. The number of para-hydroxylation sites is 3. The number of phenolic OH excluding ortho intramolecular Hbond substituents is 1. The molecule has 2 aromatic heterocycles. The molecule has 7 nitrogen and oxygen atoms in total. The van der Waals surface area contributed by atoms with E-state index in [4.69, 9.17) is 0 Å². The first-order chi connectivity index (χ1) is 15.1. The first-order valence-electron chi connectivity index (χ1n) is 9.64. The van der Waals surface area contributed by atoms with Crippen LogP contribution in [0.1, 0.15) is 17.3 Å². The fourth-order valence-electron chi connectivity index (χ4n) is 3.98. The van der Waals surface area contributed by atoms with Gasteiger partial charge in [-0.1, -0.05) is 36.4 Å². The number of aliphatic hydroxyl groups excluding tert-OH is 1. The predicted molar refractivity (Wildman–Crippen MR) is 115 cm³/mol. The number of aromatic hydroxyl groups is 1. The Bertz CT molecular complexity index is 1360. The van der Waals surface area contributed by atoms with E-state index in [1.54, 1.807) is 48.8 Å². The second-order valence-corrected chi connectivity index (χ2v) is 7.16. The fourth-order valence-corrected chi connectivity index (χ4v) is 3.98. The summed E-state index contributed by atoms with van der Waals surface area (Å²) >= 11 is 0. The van der Waals surface area contributed by atoms with Gasteiger partial charge in [-0.2, -0.15) is 0 Å². The number of carbonyl (C=O) groups is 2. The van der Waals surface area contributed by atoms with E-state index in [-0.39, 0.29) is 22.8 Å². The molecule has 4 aromatic rings. The number of pyridine rings is 1. The minimum Gasteiger partial charge on any atom is -0.507 e. The number of amides is 1. The van der Waals surface area contributed by atoms with Crippen LogP contribution in [0.15, 0.2) is 84.7 Å². The van der Waals surface area contributed by atoms with Gasteiger partial charge in [0.25, 0.3) is 11.7 Å². The molecule has 1 amide bonds. The molecule has 1 saturated heterocycles. The number of nitrogens with one attached hydrogen (secondary N) is 1. The molecule has 3 heterocycles. The van der Waals surface area contributed by atoms with Crippen LogP contribution >= 0.6 is 0 Å². The van der Waals surface area contributed by atoms with Gasteiger partial charge in [0.15, 0.2) is 0 Å². The number of carbonyl (C=O) groups excluding carboxylic acids is 2. The van der Waals surface area contributed by atoms with Gasteiger partial charge in [0.1, 0.15) is 17.6 Å². The van der Waals surface area contributed by atoms with Gasteiger partial charge in [-0.25, -0.2) is 0 Å². The highest BCUT2D eigenvalue weighted by Gasteiger charge is 2.48. The summed E-state index contributed by atoms with van der Waals surface area (Å²) in [4.78, 5) is 34.8. The number of fused-ring (bicyclic) bond motifs is 1. The summed E-state index contributed by atoms with van der Waals surface area (Å²) in [5, 5.41) is 22.3. The third kappa shape index (κ3) is 2.86. The Labute approximate surface area is 176 Å². The van der Waals surface area contributed by atoms with Gasteiger partial charge in [-0.3, -0.25) is 19.5 Å². The number of benzene rings is 2. The van der Waals surface area contributed by atoms with Crippen LogP contribution < -0.4 is 4.90 Å². The molecular weight excluding hydrogens is 394 g/mol. The van der Waals surface area contributed by atoms with E-state index >= 15 is 0 Å². The number of aromatic nitrogens is 2. The Morgan fingerprint density at radius 1 is 0.968 bits per heavy atom. The molecule has 3 N–H and O–H groups in total. The minimum atomic E-state index is -0.997. The highest BCUT2D eigenvalue weighted by Crippen LogP contribution is 2.44. The van der Waals surface area contributed by atoms with Gasteiger partial charge >= 0.3 is 0 Å². The summed E-state index contributed by atoms with van der Waals surface area (Å²) in [6, 6.07) is 17.7. The van der Waals surface area contributed by atoms with Crippen LogP contribution in [0.5, 0.6) is 5.75 Å². The molecule has 1 atom stereocenters. The van der Waals surface area contributed by atoms with Gasteiger partial charge in [0, 0.05) is 28.9 Å². The van der Waals surface area contributed by atoms with Crippen molar-refractivity contribution in [2.75, 3.05) is 4.90 Å². The van der Waals surface area contributed by atoms with Crippen molar-refractivity contribution in [1.29, 1.82) is 0 Å².